The van der Waals surface area contributed by atoms with E-state index in [1.54, 1.807) is 13.0 Å². The zero-order chi connectivity index (χ0) is 17.6. The van der Waals surface area contributed by atoms with Crippen LogP contribution in [-0.4, -0.2) is 30.2 Å². The molecule has 134 valence electrons. The summed E-state index contributed by atoms with van der Waals surface area (Å²) in [6.45, 7) is 5.93. The van der Waals surface area contributed by atoms with Crippen LogP contribution in [0.2, 0.25) is 0 Å². The maximum atomic E-state index is 12.6. The second kappa shape index (κ2) is 8.05. The zero-order valence-corrected chi connectivity index (χ0v) is 14.9. The number of hydrogen-bond donors (Lipinski definition) is 2. The summed E-state index contributed by atoms with van der Waals surface area (Å²) >= 11 is 0. The third-order valence-electron chi connectivity index (χ3n) is 4.53. The highest BCUT2D eigenvalue weighted by Gasteiger charge is 2.21. The standard InChI is InChI=1S/C19H26N4O2/c1-3-15(19(24)21-18-13-14(2)25-22-18)20-16-9-5-6-10-17(16)23-11-7-4-8-12-23/h5-6,9-10,13,15,20H,3-4,7-8,11-12H2,1-2H3,(H,21,22,24)/t15-/m0/s1. The Morgan fingerprint density at radius 3 is 2.72 bits per heavy atom. The molecule has 25 heavy (non-hydrogen) atoms. The minimum Gasteiger partial charge on any atom is -0.372 e. The largest absolute Gasteiger partial charge is 0.372 e. The van der Waals surface area contributed by atoms with E-state index < -0.39 is 0 Å². The molecule has 3 rings (SSSR count). The number of carbonyl (C=O) groups is 1. The van der Waals surface area contributed by atoms with Crippen LogP contribution in [0.1, 0.15) is 38.4 Å². The molecule has 2 N–H and O–H groups in total. The first kappa shape index (κ1) is 17.3. The number of anilines is 3. The van der Waals surface area contributed by atoms with Crippen LogP contribution in [0.25, 0.3) is 0 Å². The van der Waals surface area contributed by atoms with E-state index in [0.717, 1.165) is 18.8 Å². The van der Waals surface area contributed by atoms with Gasteiger partial charge in [-0.25, -0.2) is 0 Å². The highest BCUT2D eigenvalue weighted by atomic mass is 16.5. The Labute approximate surface area is 148 Å². The number of aromatic nitrogens is 1. The summed E-state index contributed by atoms with van der Waals surface area (Å²) in [5.74, 6) is 1.02. The molecule has 1 fully saturated rings. The fourth-order valence-corrected chi connectivity index (χ4v) is 3.19. The van der Waals surface area contributed by atoms with Gasteiger partial charge in [0.1, 0.15) is 11.8 Å². The monoisotopic (exact) mass is 342 g/mol. The number of nitrogens with zero attached hydrogens (tertiary/aromatic N) is 2. The van der Waals surface area contributed by atoms with Crippen molar-refractivity contribution in [1.29, 1.82) is 0 Å². The molecule has 2 heterocycles. The van der Waals surface area contributed by atoms with Gasteiger partial charge in [0, 0.05) is 19.2 Å². The minimum absolute atomic E-state index is 0.107. The van der Waals surface area contributed by atoms with E-state index in [4.69, 9.17) is 4.52 Å². The lowest BCUT2D eigenvalue weighted by molar-refractivity contribution is -0.117. The molecule has 1 aromatic carbocycles. The Balaban J connectivity index is 1.71. The molecule has 1 saturated heterocycles. The molecule has 0 aliphatic carbocycles. The Hall–Kier alpha value is -2.50. The van der Waals surface area contributed by atoms with Gasteiger partial charge < -0.3 is 20.1 Å². The van der Waals surface area contributed by atoms with Crippen molar-refractivity contribution < 1.29 is 9.32 Å². The van der Waals surface area contributed by atoms with Crippen molar-refractivity contribution in [3.8, 4) is 0 Å². The van der Waals surface area contributed by atoms with E-state index in [9.17, 15) is 4.79 Å². The highest BCUT2D eigenvalue weighted by Crippen LogP contribution is 2.29. The van der Waals surface area contributed by atoms with Gasteiger partial charge in [-0.2, -0.15) is 0 Å². The molecular weight excluding hydrogens is 316 g/mol. The lowest BCUT2D eigenvalue weighted by Crippen LogP contribution is -2.35. The van der Waals surface area contributed by atoms with Gasteiger partial charge >= 0.3 is 0 Å². The lowest BCUT2D eigenvalue weighted by atomic mass is 10.1. The number of nitrogens with one attached hydrogen (secondary N) is 2. The first-order valence-electron chi connectivity index (χ1n) is 9.02. The van der Waals surface area contributed by atoms with Crippen LogP contribution >= 0.6 is 0 Å². The summed E-state index contributed by atoms with van der Waals surface area (Å²) in [6, 6.07) is 9.60. The first-order valence-corrected chi connectivity index (χ1v) is 9.02. The van der Waals surface area contributed by atoms with E-state index in [-0.39, 0.29) is 11.9 Å². The third kappa shape index (κ3) is 4.32. The van der Waals surface area contributed by atoms with E-state index >= 15 is 0 Å². The molecule has 1 aromatic heterocycles. The number of carbonyl (C=O) groups excluding carboxylic acids is 1. The summed E-state index contributed by atoms with van der Waals surface area (Å²) in [5.41, 5.74) is 2.17. The third-order valence-corrected chi connectivity index (χ3v) is 4.53. The molecule has 6 heteroatoms. The van der Waals surface area contributed by atoms with Crippen LogP contribution in [-0.2, 0) is 4.79 Å². The normalized spacial score (nSPS) is 15.7. The smallest absolute Gasteiger partial charge is 0.248 e. The van der Waals surface area contributed by atoms with Gasteiger partial charge in [-0.05, 0) is 44.7 Å². The molecule has 1 aliphatic rings. The SMILES string of the molecule is CC[C@H](Nc1ccccc1N1CCCCC1)C(=O)Nc1cc(C)on1. The van der Waals surface area contributed by atoms with Gasteiger partial charge in [0.05, 0.1) is 11.4 Å². The Morgan fingerprint density at radius 1 is 1.28 bits per heavy atom. The average molecular weight is 342 g/mol. The predicted octanol–water partition coefficient (Wildman–Crippen LogP) is 3.80. The van der Waals surface area contributed by atoms with Crippen molar-refractivity contribution in [2.75, 3.05) is 28.6 Å². The fraction of sp³-hybridized carbons (Fsp3) is 0.474. The topological polar surface area (TPSA) is 70.4 Å². The Bertz CT molecular complexity index is 707. The van der Waals surface area contributed by atoms with Gasteiger partial charge in [0.15, 0.2) is 5.82 Å². The van der Waals surface area contributed by atoms with Gasteiger partial charge in [0.2, 0.25) is 5.91 Å². The average Bonchev–Trinajstić information content (AvgIpc) is 3.05. The summed E-state index contributed by atoms with van der Waals surface area (Å²) in [4.78, 5) is 15.0. The number of rotatable bonds is 6. The molecule has 1 aliphatic heterocycles. The molecule has 0 spiro atoms. The summed E-state index contributed by atoms with van der Waals surface area (Å²) in [6.07, 6.45) is 4.41. The second-order valence-electron chi connectivity index (χ2n) is 6.48. The van der Waals surface area contributed by atoms with Crippen LogP contribution in [0.3, 0.4) is 0 Å². The lowest BCUT2D eigenvalue weighted by Gasteiger charge is -2.31. The van der Waals surface area contributed by atoms with Crippen molar-refractivity contribution in [1.82, 2.24) is 5.16 Å². The number of aryl methyl sites for hydroxylation is 1. The summed E-state index contributed by atoms with van der Waals surface area (Å²) in [5, 5.41) is 10.0. The van der Waals surface area contributed by atoms with Crippen LogP contribution in [0.4, 0.5) is 17.2 Å². The van der Waals surface area contributed by atoms with E-state index in [1.807, 2.05) is 25.1 Å². The molecular formula is C19H26N4O2. The van der Waals surface area contributed by atoms with Gasteiger partial charge in [-0.1, -0.05) is 24.2 Å². The predicted molar refractivity (Wildman–Crippen MR) is 100 cm³/mol. The molecule has 2 aromatic rings. The number of amides is 1. The quantitative estimate of drug-likeness (QED) is 0.835. The number of hydrogen-bond acceptors (Lipinski definition) is 5. The fourth-order valence-electron chi connectivity index (χ4n) is 3.19. The van der Waals surface area contributed by atoms with Crippen LogP contribution in [0.5, 0.6) is 0 Å². The number of para-hydroxylation sites is 2. The molecule has 1 atom stereocenters. The molecule has 0 radical (unpaired) electrons. The van der Waals surface area contributed by atoms with E-state index in [1.165, 1.54) is 24.9 Å². The van der Waals surface area contributed by atoms with Gasteiger partial charge in [-0.3, -0.25) is 4.79 Å². The Kier molecular flexibility index (Phi) is 5.58. The van der Waals surface area contributed by atoms with Crippen molar-refractivity contribution >= 4 is 23.1 Å². The highest BCUT2D eigenvalue weighted by molar-refractivity contribution is 5.96. The van der Waals surface area contributed by atoms with Crippen LogP contribution in [0, 0.1) is 6.92 Å². The molecule has 6 nitrogen and oxygen atoms in total. The van der Waals surface area contributed by atoms with Crippen molar-refractivity contribution in [2.24, 2.45) is 0 Å². The van der Waals surface area contributed by atoms with Crippen molar-refractivity contribution in [3.63, 3.8) is 0 Å². The van der Waals surface area contributed by atoms with E-state index in [2.05, 4.69) is 26.8 Å². The number of benzene rings is 1. The summed E-state index contributed by atoms with van der Waals surface area (Å²) in [7, 11) is 0. The van der Waals surface area contributed by atoms with E-state index in [0.29, 0.717) is 18.0 Å². The first-order chi connectivity index (χ1) is 12.2. The van der Waals surface area contributed by atoms with Crippen LogP contribution < -0.4 is 15.5 Å². The Morgan fingerprint density at radius 2 is 2.04 bits per heavy atom. The maximum absolute atomic E-state index is 12.6. The van der Waals surface area contributed by atoms with Gasteiger partial charge in [-0.15, -0.1) is 0 Å². The molecule has 0 bridgehead atoms. The summed E-state index contributed by atoms with van der Waals surface area (Å²) < 4.78 is 5.00. The zero-order valence-electron chi connectivity index (χ0n) is 14.9. The van der Waals surface area contributed by atoms with Crippen molar-refractivity contribution in [2.45, 2.75) is 45.6 Å². The number of piperidine rings is 1. The molecule has 1 amide bonds. The molecule has 0 saturated carbocycles. The second-order valence-corrected chi connectivity index (χ2v) is 6.48. The van der Waals surface area contributed by atoms with Crippen molar-refractivity contribution in [3.05, 3.63) is 36.1 Å². The molecule has 0 unspecified atom stereocenters. The van der Waals surface area contributed by atoms with Crippen LogP contribution in [0.15, 0.2) is 34.9 Å². The maximum Gasteiger partial charge on any atom is 0.248 e. The minimum atomic E-state index is -0.331. The van der Waals surface area contributed by atoms with Gasteiger partial charge in [0.25, 0.3) is 0 Å².